The van der Waals surface area contributed by atoms with Crippen LogP contribution in [0.1, 0.15) is 43.9 Å². The van der Waals surface area contributed by atoms with Crippen molar-refractivity contribution in [3.63, 3.8) is 0 Å². The molecule has 2 amide bonds. The van der Waals surface area contributed by atoms with Gasteiger partial charge in [0.2, 0.25) is 0 Å². The zero-order valence-corrected chi connectivity index (χ0v) is 26.8. The summed E-state index contributed by atoms with van der Waals surface area (Å²) < 4.78 is 20.2. The molecule has 0 spiro atoms. The zero-order valence-electron chi connectivity index (χ0n) is 26.0. The molecular weight excluding hydrogens is 617 g/mol. The first-order valence-corrected chi connectivity index (χ1v) is 15.5. The van der Waals surface area contributed by atoms with Crippen LogP contribution in [0.5, 0.6) is 5.75 Å². The van der Waals surface area contributed by atoms with E-state index in [0.29, 0.717) is 34.3 Å². The summed E-state index contributed by atoms with van der Waals surface area (Å²) >= 11 is 1.47. The molecule has 2 aromatic heterocycles. The number of hydroxylamine groups is 2. The summed E-state index contributed by atoms with van der Waals surface area (Å²) in [5.41, 5.74) is 9.09. The van der Waals surface area contributed by atoms with Crippen LogP contribution in [-0.4, -0.2) is 40.7 Å². The van der Waals surface area contributed by atoms with Crippen LogP contribution in [0.15, 0.2) is 91.0 Å². The Morgan fingerprint density at radius 2 is 1.79 bits per heavy atom. The van der Waals surface area contributed by atoms with E-state index in [9.17, 15) is 18.8 Å². The number of carbonyl (C=O) groups excluding carboxylic acids is 3. The number of halogens is 1. The number of nitrogens with two attached hydrogens (primary N) is 1. The molecule has 0 bridgehead atoms. The molecule has 1 atom stereocenters. The number of amides is 2. The van der Waals surface area contributed by atoms with Crippen LogP contribution in [0.2, 0.25) is 0 Å². The van der Waals surface area contributed by atoms with Gasteiger partial charge >= 0.3 is 12.0 Å². The molecule has 10 heteroatoms. The third kappa shape index (κ3) is 7.95. The van der Waals surface area contributed by atoms with Gasteiger partial charge in [0, 0.05) is 28.5 Å². The summed E-state index contributed by atoms with van der Waals surface area (Å²) in [6.07, 6.45) is 3.58. The molecule has 5 aromatic rings. The number of benzene rings is 3. The van der Waals surface area contributed by atoms with E-state index in [1.54, 1.807) is 50.3 Å². The van der Waals surface area contributed by atoms with Gasteiger partial charge in [0.1, 0.15) is 17.6 Å². The SMILES string of the molecule is COc1ccc2c(c1)c(CC(=O)ON(C(N)=O)[C@H](C)C#Cc1ccc(Cc3ccc(F)cc3)s1)c(C)n2C(=O)/C=C/c1ccccc1. The molecule has 0 unspecified atom stereocenters. The quantitative estimate of drug-likeness (QED) is 0.112. The summed E-state index contributed by atoms with van der Waals surface area (Å²) in [4.78, 5) is 46.2. The normalized spacial score (nSPS) is 11.6. The molecular formula is C37H32FN3O5S. The Balaban J connectivity index is 1.33. The fourth-order valence-corrected chi connectivity index (χ4v) is 5.99. The molecule has 2 heterocycles. The minimum Gasteiger partial charge on any atom is -0.497 e. The second kappa shape index (κ2) is 14.6. The second-order valence-electron chi connectivity index (χ2n) is 10.7. The van der Waals surface area contributed by atoms with Gasteiger partial charge in [-0.1, -0.05) is 54.3 Å². The molecule has 2 N–H and O–H groups in total. The molecule has 3 aromatic carbocycles. The van der Waals surface area contributed by atoms with Crippen molar-refractivity contribution < 1.29 is 28.3 Å². The standard InChI is InChI=1S/C37H32FN3O5S/c1-24(9-16-30-17-18-31(47-30)21-27-10-13-28(38)14-11-27)41(37(39)44)46-36(43)23-32-25(2)40(34-19-15-29(45-3)22-33(32)34)35(42)20-12-26-7-5-4-6-8-26/h4-8,10-15,17-20,22,24H,21,23H2,1-3H3,(H2,39,44)/b20-12+/t24-/m1/s1. The van der Waals surface area contributed by atoms with Crippen molar-refractivity contribution in [1.29, 1.82) is 0 Å². The Bertz CT molecular complexity index is 2020. The van der Waals surface area contributed by atoms with Crippen LogP contribution in [0, 0.1) is 24.6 Å². The van der Waals surface area contributed by atoms with Gasteiger partial charge in [0.05, 0.1) is 23.9 Å². The van der Waals surface area contributed by atoms with Gasteiger partial charge in [-0.25, -0.2) is 14.0 Å². The number of methoxy groups -OCH3 is 1. The predicted octanol–water partition coefficient (Wildman–Crippen LogP) is 6.92. The predicted molar refractivity (Wildman–Crippen MR) is 180 cm³/mol. The lowest BCUT2D eigenvalue weighted by Crippen LogP contribution is -2.43. The summed E-state index contributed by atoms with van der Waals surface area (Å²) in [5.74, 6) is 5.14. The number of hydrogen-bond donors (Lipinski definition) is 1. The number of ether oxygens (including phenoxy) is 1. The molecule has 8 nitrogen and oxygen atoms in total. The Morgan fingerprint density at radius 3 is 2.49 bits per heavy atom. The van der Waals surface area contributed by atoms with E-state index >= 15 is 0 Å². The minimum atomic E-state index is -0.981. The molecule has 47 heavy (non-hydrogen) atoms. The van der Waals surface area contributed by atoms with Gasteiger partial charge in [-0.05, 0) is 79.1 Å². The second-order valence-corrected chi connectivity index (χ2v) is 11.9. The maximum absolute atomic E-state index is 13.4. The van der Waals surface area contributed by atoms with Crippen molar-refractivity contribution in [2.24, 2.45) is 5.73 Å². The van der Waals surface area contributed by atoms with Crippen molar-refractivity contribution >= 4 is 46.2 Å². The number of urea groups is 1. The molecule has 238 valence electrons. The monoisotopic (exact) mass is 649 g/mol. The van der Waals surface area contributed by atoms with Crippen LogP contribution in [0.25, 0.3) is 17.0 Å². The van der Waals surface area contributed by atoms with E-state index in [1.165, 1.54) is 41.2 Å². The maximum atomic E-state index is 13.4. The average molecular weight is 650 g/mol. The summed E-state index contributed by atoms with van der Waals surface area (Å²) in [7, 11) is 1.53. The number of nitrogens with zero attached hydrogens (tertiary/aromatic N) is 2. The van der Waals surface area contributed by atoms with Crippen LogP contribution < -0.4 is 10.5 Å². The topological polar surface area (TPSA) is 104 Å². The van der Waals surface area contributed by atoms with Gasteiger partial charge in [-0.3, -0.25) is 9.36 Å². The van der Waals surface area contributed by atoms with Crippen LogP contribution in [-0.2, 0) is 22.5 Å². The Kier molecular flexibility index (Phi) is 10.2. The molecule has 5 rings (SSSR count). The molecule has 0 radical (unpaired) electrons. The number of carbonyl (C=O) groups is 3. The first-order chi connectivity index (χ1) is 22.6. The molecule has 0 saturated heterocycles. The fraction of sp³-hybridized carbons (Fsp3) is 0.162. The lowest BCUT2D eigenvalue weighted by atomic mass is 10.1. The highest BCUT2D eigenvalue weighted by Gasteiger charge is 2.25. The highest BCUT2D eigenvalue weighted by molar-refractivity contribution is 7.12. The van der Waals surface area contributed by atoms with Crippen molar-refractivity contribution in [1.82, 2.24) is 9.63 Å². The van der Waals surface area contributed by atoms with Crippen LogP contribution in [0.3, 0.4) is 0 Å². The van der Waals surface area contributed by atoms with Gasteiger partial charge in [0.25, 0.3) is 5.91 Å². The van der Waals surface area contributed by atoms with Crippen LogP contribution in [0.4, 0.5) is 9.18 Å². The van der Waals surface area contributed by atoms with E-state index in [4.69, 9.17) is 15.3 Å². The van der Waals surface area contributed by atoms with E-state index in [-0.39, 0.29) is 18.1 Å². The summed E-state index contributed by atoms with van der Waals surface area (Å²) in [5, 5.41) is 1.37. The highest BCUT2D eigenvalue weighted by atomic mass is 32.1. The molecule has 0 aliphatic heterocycles. The number of aromatic nitrogens is 1. The zero-order chi connectivity index (χ0) is 33.5. The van der Waals surface area contributed by atoms with E-state index in [1.807, 2.05) is 42.5 Å². The van der Waals surface area contributed by atoms with Gasteiger partial charge in [0.15, 0.2) is 0 Å². The number of fused-ring (bicyclic) bond motifs is 1. The fourth-order valence-electron chi connectivity index (χ4n) is 5.08. The molecule has 0 saturated carbocycles. The van der Waals surface area contributed by atoms with Crippen molar-refractivity contribution in [2.75, 3.05) is 7.11 Å². The smallest absolute Gasteiger partial charge is 0.349 e. The molecule has 0 fully saturated rings. The molecule has 0 aliphatic carbocycles. The van der Waals surface area contributed by atoms with Crippen molar-refractivity contribution in [3.8, 4) is 17.6 Å². The van der Waals surface area contributed by atoms with E-state index in [2.05, 4.69) is 11.8 Å². The van der Waals surface area contributed by atoms with Crippen molar-refractivity contribution in [3.05, 3.63) is 129 Å². The number of hydrogen-bond acceptors (Lipinski definition) is 6. The molecule has 0 aliphatic rings. The van der Waals surface area contributed by atoms with Crippen LogP contribution >= 0.6 is 11.3 Å². The lowest BCUT2D eigenvalue weighted by Gasteiger charge is -2.22. The number of rotatable bonds is 8. The highest BCUT2D eigenvalue weighted by Crippen LogP contribution is 2.30. The minimum absolute atomic E-state index is 0.250. The van der Waals surface area contributed by atoms with Gasteiger partial charge in [-0.2, -0.15) is 0 Å². The first kappa shape index (κ1) is 32.7. The Morgan fingerprint density at radius 1 is 1.04 bits per heavy atom. The number of allylic oxidation sites excluding steroid dienone is 1. The van der Waals surface area contributed by atoms with Crippen molar-refractivity contribution in [2.45, 2.75) is 32.7 Å². The number of primary amides is 1. The number of thiophene rings is 1. The summed E-state index contributed by atoms with van der Waals surface area (Å²) in [6.45, 7) is 3.34. The Labute approximate surface area is 275 Å². The largest absolute Gasteiger partial charge is 0.497 e. The average Bonchev–Trinajstić information content (AvgIpc) is 3.63. The Hall–Kier alpha value is -5.66. The third-order valence-electron chi connectivity index (χ3n) is 7.43. The summed E-state index contributed by atoms with van der Waals surface area (Å²) in [6, 6.07) is 23.0. The maximum Gasteiger partial charge on any atom is 0.349 e. The third-order valence-corrected chi connectivity index (χ3v) is 8.43. The van der Waals surface area contributed by atoms with Gasteiger partial charge < -0.3 is 15.3 Å². The lowest BCUT2D eigenvalue weighted by molar-refractivity contribution is -0.178. The van der Waals surface area contributed by atoms with Gasteiger partial charge in [-0.15, -0.1) is 16.4 Å². The van der Waals surface area contributed by atoms with E-state index < -0.39 is 18.0 Å². The first-order valence-electron chi connectivity index (χ1n) is 14.7. The van der Waals surface area contributed by atoms with E-state index in [0.717, 1.165) is 25.9 Å².